The van der Waals surface area contributed by atoms with Crippen molar-refractivity contribution in [3.05, 3.63) is 54.1 Å². The Balaban J connectivity index is 1.78. The van der Waals surface area contributed by atoms with E-state index in [-0.39, 0.29) is 37.1 Å². The Morgan fingerprint density at radius 2 is 1.68 bits per heavy atom. The van der Waals surface area contributed by atoms with Crippen LogP contribution in [0.3, 0.4) is 0 Å². The smallest absolute Gasteiger partial charge is 0.326 e. The summed E-state index contributed by atoms with van der Waals surface area (Å²) >= 11 is 0. The van der Waals surface area contributed by atoms with E-state index in [0.29, 0.717) is 12.1 Å². The summed E-state index contributed by atoms with van der Waals surface area (Å²) < 4.78 is 0. The second-order valence-corrected chi connectivity index (χ2v) is 9.77. The maximum absolute atomic E-state index is 13.4. The van der Waals surface area contributed by atoms with Gasteiger partial charge in [-0.25, -0.2) is 9.78 Å². The van der Waals surface area contributed by atoms with E-state index in [1.807, 2.05) is 44.2 Å². The summed E-state index contributed by atoms with van der Waals surface area (Å²) in [6.45, 7) is 4.47. The lowest BCUT2D eigenvalue weighted by molar-refractivity contribution is -0.142. The molecule has 4 unspecified atom stereocenters. The van der Waals surface area contributed by atoms with Crippen LogP contribution < -0.4 is 21.3 Å². The number of amides is 3. The fraction of sp³-hybridized carbons (Fsp3) is 0.500. The number of hydrogen-bond acceptors (Lipinski definition) is 6. The van der Waals surface area contributed by atoms with Crippen LogP contribution in [-0.2, 0) is 32.0 Å². The number of H-pyrrole nitrogens is 1. The number of carboxylic acids is 1. The van der Waals surface area contributed by atoms with E-state index in [9.17, 15) is 24.3 Å². The lowest BCUT2D eigenvalue weighted by Gasteiger charge is -2.25. The van der Waals surface area contributed by atoms with E-state index >= 15 is 0 Å². The van der Waals surface area contributed by atoms with Crippen molar-refractivity contribution in [3.63, 3.8) is 0 Å². The molecule has 1 aliphatic heterocycles. The molecule has 6 N–H and O–H groups in total. The monoisotopic (exact) mass is 512 g/mol. The van der Waals surface area contributed by atoms with Crippen LogP contribution in [0.25, 0.3) is 0 Å². The number of carbonyl (C=O) groups is 4. The molecule has 2 heterocycles. The molecule has 2 aromatic rings. The fourth-order valence-electron chi connectivity index (χ4n) is 4.30. The highest BCUT2D eigenvalue weighted by Crippen LogP contribution is 2.10. The lowest BCUT2D eigenvalue weighted by Crippen LogP contribution is -2.58. The Morgan fingerprint density at radius 3 is 2.24 bits per heavy atom. The van der Waals surface area contributed by atoms with Crippen molar-refractivity contribution in [2.24, 2.45) is 5.92 Å². The number of nitrogens with zero attached hydrogens (tertiary/aromatic N) is 1. The first-order chi connectivity index (χ1) is 17.7. The minimum Gasteiger partial charge on any atom is -0.480 e. The average molecular weight is 513 g/mol. The summed E-state index contributed by atoms with van der Waals surface area (Å²) in [6, 6.07) is 5.65. The molecule has 0 aliphatic carbocycles. The van der Waals surface area contributed by atoms with E-state index in [1.165, 1.54) is 6.33 Å². The predicted molar refractivity (Wildman–Crippen MR) is 136 cm³/mol. The molecule has 11 nitrogen and oxygen atoms in total. The van der Waals surface area contributed by atoms with Gasteiger partial charge in [0.2, 0.25) is 17.7 Å². The number of nitrogens with one attached hydrogen (secondary N) is 5. The van der Waals surface area contributed by atoms with Gasteiger partial charge in [0, 0.05) is 24.7 Å². The molecule has 1 aromatic carbocycles. The Hall–Kier alpha value is -3.73. The van der Waals surface area contributed by atoms with Gasteiger partial charge in [-0.1, -0.05) is 44.2 Å². The lowest BCUT2D eigenvalue weighted by atomic mass is 10.0. The first-order valence-electron chi connectivity index (χ1n) is 12.6. The van der Waals surface area contributed by atoms with Gasteiger partial charge in [0.1, 0.15) is 18.1 Å². The highest BCUT2D eigenvalue weighted by molar-refractivity contribution is 5.94. The Kier molecular flexibility index (Phi) is 10.2. The summed E-state index contributed by atoms with van der Waals surface area (Å²) in [5.74, 6) is -2.53. The Morgan fingerprint density at radius 1 is 1.00 bits per heavy atom. The molecule has 4 atom stereocenters. The van der Waals surface area contributed by atoms with Gasteiger partial charge in [-0.15, -0.1) is 0 Å². The van der Waals surface area contributed by atoms with E-state index < -0.39 is 35.9 Å². The van der Waals surface area contributed by atoms with Gasteiger partial charge in [-0.2, -0.15) is 0 Å². The molecular formula is C26H36N6O5. The van der Waals surface area contributed by atoms with Gasteiger partial charge in [-0.05, 0) is 37.3 Å². The van der Waals surface area contributed by atoms with Gasteiger partial charge in [0.05, 0.1) is 12.4 Å². The number of aromatic nitrogens is 2. The van der Waals surface area contributed by atoms with Gasteiger partial charge in [0.15, 0.2) is 0 Å². The molecule has 11 heteroatoms. The van der Waals surface area contributed by atoms with Crippen LogP contribution in [0.5, 0.6) is 0 Å². The number of aliphatic carboxylic acids is 1. The molecule has 0 bridgehead atoms. The third kappa shape index (κ3) is 8.71. The Labute approximate surface area is 216 Å². The van der Waals surface area contributed by atoms with E-state index in [2.05, 4.69) is 31.2 Å². The first kappa shape index (κ1) is 27.9. The molecule has 37 heavy (non-hydrogen) atoms. The van der Waals surface area contributed by atoms with Crippen molar-refractivity contribution in [2.45, 2.75) is 70.1 Å². The second-order valence-electron chi connectivity index (χ2n) is 9.77. The maximum Gasteiger partial charge on any atom is 0.326 e. The number of benzene rings is 1. The number of carbonyl (C=O) groups excluding carboxylic acids is 3. The summed E-state index contributed by atoms with van der Waals surface area (Å²) in [5.41, 5.74) is 1.44. The van der Waals surface area contributed by atoms with Crippen LogP contribution in [0.1, 0.15) is 44.4 Å². The molecule has 1 saturated heterocycles. The number of aromatic amines is 1. The van der Waals surface area contributed by atoms with Crippen LogP contribution in [0.4, 0.5) is 0 Å². The maximum atomic E-state index is 13.4. The highest BCUT2D eigenvalue weighted by Gasteiger charge is 2.32. The molecule has 0 saturated carbocycles. The highest BCUT2D eigenvalue weighted by atomic mass is 16.4. The summed E-state index contributed by atoms with van der Waals surface area (Å²) in [7, 11) is 0. The SMILES string of the molecule is CC(C)CC(NC(=O)C(Cc1ccccc1)NC(=O)C(Cc1cnc[nH]1)NC(=O)C1CCCN1)C(=O)O. The first-order valence-corrected chi connectivity index (χ1v) is 12.6. The van der Waals surface area contributed by atoms with Crippen molar-refractivity contribution in [2.75, 3.05) is 6.54 Å². The van der Waals surface area contributed by atoms with Crippen molar-refractivity contribution in [1.82, 2.24) is 31.2 Å². The Bertz CT molecular complexity index is 1040. The van der Waals surface area contributed by atoms with Gasteiger partial charge >= 0.3 is 5.97 Å². The predicted octanol–water partition coefficient (Wildman–Crippen LogP) is 0.532. The van der Waals surface area contributed by atoms with Crippen LogP contribution in [0.15, 0.2) is 42.9 Å². The number of rotatable bonds is 13. The zero-order valence-corrected chi connectivity index (χ0v) is 21.2. The molecule has 3 rings (SSSR count). The summed E-state index contributed by atoms with van der Waals surface area (Å²) in [5, 5.41) is 20.8. The van der Waals surface area contributed by atoms with Crippen molar-refractivity contribution in [1.29, 1.82) is 0 Å². The van der Waals surface area contributed by atoms with Gasteiger partial charge in [-0.3, -0.25) is 14.4 Å². The van der Waals surface area contributed by atoms with Crippen LogP contribution in [-0.4, -0.2) is 69.5 Å². The van der Waals surface area contributed by atoms with Crippen molar-refractivity contribution >= 4 is 23.7 Å². The number of imidazole rings is 1. The van der Waals surface area contributed by atoms with Crippen molar-refractivity contribution < 1.29 is 24.3 Å². The van der Waals surface area contributed by atoms with E-state index in [0.717, 1.165) is 18.5 Å². The topological polar surface area (TPSA) is 165 Å². The number of carboxylic acid groups (broad SMARTS) is 1. The van der Waals surface area contributed by atoms with E-state index in [4.69, 9.17) is 0 Å². The van der Waals surface area contributed by atoms with Crippen LogP contribution in [0, 0.1) is 5.92 Å². The molecule has 1 aromatic heterocycles. The third-order valence-electron chi connectivity index (χ3n) is 6.23. The zero-order valence-electron chi connectivity index (χ0n) is 21.2. The minimum absolute atomic E-state index is 0.0433. The fourth-order valence-corrected chi connectivity index (χ4v) is 4.30. The molecule has 0 radical (unpaired) electrons. The van der Waals surface area contributed by atoms with Crippen LogP contribution >= 0.6 is 0 Å². The quantitative estimate of drug-likeness (QED) is 0.228. The standard InChI is InChI=1S/C26H36N6O5/c1-16(2)11-22(26(36)37)32-24(34)20(12-17-7-4-3-5-8-17)30-25(35)21(13-18-14-27-15-29-18)31-23(33)19-9-6-10-28-19/h3-5,7-8,14-16,19-22,28H,6,9-13H2,1-2H3,(H,27,29)(H,30,35)(H,31,33)(H,32,34)(H,36,37). The summed E-state index contributed by atoms with van der Waals surface area (Å²) in [4.78, 5) is 58.1. The van der Waals surface area contributed by atoms with E-state index in [1.54, 1.807) is 6.20 Å². The molecule has 3 amide bonds. The zero-order chi connectivity index (χ0) is 26.8. The minimum atomic E-state index is -1.14. The number of hydrogen-bond donors (Lipinski definition) is 6. The second kappa shape index (κ2) is 13.5. The molecule has 0 spiro atoms. The third-order valence-corrected chi connectivity index (χ3v) is 6.23. The average Bonchev–Trinajstić information content (AvgIpc) is 3.57. The van der Waals surface area contributed by atoms with Gasteiger partial charge < -0.3 is 31.4 Å². The molecule has 200 valence electrons. The summed E-state index contributed by atoms with van der Waals surface area (Å²) in [6.07, 6.45) is 5.15. The molecule has 1 aliphatic rings. The molecule has 1 fully saturated rings. The van der Waals surface area contributed by atoms with Crippen LogP contribution in [0.2, 0.25) is 0 Å². The van der Waals surface area contributed by atoms with Crippen molar-refractivity contribution in [3.8, 4) is 0 Å². The molecular weight excluding hydrogens is 476 g/mol. The normalized spacial score (nSPS) is 17.5. The largest absolute Gasteiger partial charge is 0.480 e. The van der Waals surface area contributed by atoms with Gasteiger partial charge in [0.25, 0.3) is 0 Å².